The largest absolute Gasteiger partial charge is 0.412 e. The quantitative estimate of drug-likeness (QED) is 0.774. The first-order chi connectivity index (χ1) is 9.92. The van der Waals surface area contributed by atoms with E-state index in [0.29, 0.717) is 37.2 Å². The molecule has 2 rings (SSSR count). The summed E-state index contributed by atoms with van der Waals surface area (Å²) >= 11 is 0. The summed E-state index contributed by atoms with van der Waals surface area (Å²) in [4.78, 5) is 11.3. The molecule has 8 heteroatoms. The fourth-order valence-corrected chi connectivity index (χ4v) is 4.12. The summed E-state index contributed by atoms with van der Waals surface area (Å²) in [5.41, 5.74) is 3.08. The predicted octanol–water partition coefficient (Wildman–Crippen LogP) is 0.794. The maximum Gasteiger partial charge on any atom is 0.218 e. The van der Waals surface area contributed by atoms with Crippen molar-refractivity contribution in [2.45, 2.75) is 25.5 Å². The van der Waals surface area contributed by atoms with Gasteiger partial charge in [0.05, 0.1) is 11.4 Å². The highest BCUT2D eigenvalue weighted by molar-refractivity contribution is 7.88. The van der Waals surface area contributed by atoms with Crippen molar-refractivity contribution in [2.24, 2.45) is 5.92 Å². The highest BCUT2D eigenvalue weighted by atomic mass is 32.2. The van der Waals surface area contributed by atoms with Gasteiger partial charge >= 0.3 is 0 Å². The van der Waals surface area contributed by atoms with Crippen molar-refractivity contribution in [2.75, 3.05) is 18.6 Å². The van der Waals surface area contributed by atoms with Crippen molar-refractivity contribution in [1.29, 1.82) is 0 Å². The van der Waals surface area contributed by atoms with Gasteiger partial charge in [0.15, 0.2) is 0 Å². The normalized spacial score (nSPS) is 16.8. The van der Waals surface area contributed by atoms with Crippen molar-refractivity contribution in [3.63, 3.8) is 0 Å². The number of anilines is 1. The Labute approximate surface area is 130 Å². The minimum Gasteiger partial charge on any atom is -0.412 e. The molecule has 1 fully saturated rings. The van der Waals surface area contributed by atoms with Crippen LogP contribution in [0.15, 0.2) is 24.3 Å². The molecule has 7 nitrogen and oxygen atoms in total. The molecule has 1 heterocycles. The van der Waals surface area contributed by atoms with Crippen LogP contribution in [0.1, 0.15) is 25.3 Å². The Morgan fingerprint density at radius 3 is 2.55 bits per heavy atom. The second-order valence-corrected chi connectivity index (χ2v) is 7.32. The van der Waals surface area contributed by atoms with E-state index in [4.69, 9.17) is 5.21 Å². The lowest BCUT2D eigenvalue weighted by Gasteiger charge is -2.30. The number of Topliss-reactive ketones (excluding diaryl/α,β-unsaturated/α-hetero) is 1. The molecule has 0 radical (unpaired) electrons. The van der Waals surface area contributed by atoms with Crippen LogP contribution in [0, 0.1) is 5.92 Å². The SMILES string of the molecule is CC(=O)C1CCN(S(=O)(=O)Cc2cccc(NO)c2)CC1.O. The number of hydrogen-bond donors (Lipinski definition) is 2. The highest BCUT2D eigenvalue weighted by Gasteiger charge is 2.29. The molecule has 1 aliphatic heterocycles. The third kappa shape index (κ3) is 4.51. The summed E-state index contributed by atoms with van der Waals surface area (Å²) in [6.45, 7) is 2.34. The van der Waals surface area contributed by atoms with Crippen molar-refractivity contribution in [1.82, 2.24) is 4.31 Å². The van der Waals surface area contributed by atoms with Crippen molar-refractivity contribution < 1.29 is 23.9 Å². The number of carbonyl (C=O) groups is 1. The van der Waals surface area contributed by atoms with Gasteiger partial charge in [-0.3, -0.25) is 15.5 Å². The summed E-state index contributed by atoms with van der Waals surface area (Å²) in [5, 5.41) is 8.85. The van der Waals surface area contributed by atoms with Gasteiger partial charge in [0, 0.05) is 19.0 Å². The Balaban J connectivity index is 0.00000242. The van der Waals surface area contributed by atoms with Crippen molar-refractivity contribution in [3.05, 3.63) is 29.8 Å². The van der Waals surface area contributed by atoms with Crippen LogP contribution in [-0.4, -0.2) is 42.3 Å². The minimum absolute atomic E-state index is 0. The zero-order valence-corrected chi connectivity index (χ0v) is 13.3. The highest BCUT2D eigenvalue weighted by Crippen LogP contribution is 2.22. The zero-order chi connectivity index (χ0) is 15.5. The number of rotatable bonds is 5. The van der Waals surface area contributed by atoms with Crippen molar-refractivity contribution >= 4 is 21.5 Å². The monoisotopic (exact) mass is 330 g/mol. The third-order valence-electron chi connectivity index (χ3n) is 3.83. The first-order valence-electron chi connectivity index (χ1n) is 6.89. The number of benzene rings is 1. The molecule has 1 aromatic carbocycles. The minimum atomic E-state index is -3.40. The molecule has 0 aliphatic carbocycles. The number of nitrogens with one attached hydrogen (secondary N) is 1. The van der Waals surface area contributed by atoms with E-state index < -0.39 is 10.0 Å². The lowest BCUT2D eigenvalue weighted by Crippen LogP contribution is -2.40. The second kappa shape index (κ2) is 7.68. The van der Waals surface area contributed by atoms with Crippen LogP contribution >= 0.6 is 0 Å². The second-order valence-electron chi connectivity index (χ2n) is 5.35. The number of hydrogen-bond acceptors (Lipinski definition) is 5. The summed E-state index contributed by atoms with van der Waals surface area (Å²) < 4.78 is 26.2. The average Bonchev–Trinajstić information content (AvgIpc) is 2.47. The van der Waals surface area contributed by atoms with Gasteiger partial charge in [-0.05, 0) is 37.5 Å². The first-order valence-corrected chi connectivity index (χ1v) is 8.50. The van der Waals surface area contributed by atoms with Gasteiger partial charge in [-0.1, -0.05) is 12.1 Å². The molecule has 1 aromatic rings. The average molecular weight is 330 g/mol. The molecule has 0 saturated carbocycles. The third-order valence-corrected chi connectivity index (χ3v) is 5.68. The number of sulfonamides is 1. The molecule has 0 aromatic heterocycles. The van der Waals surface area contributed by atoms with Crippen LogP contribution in [-0.2, 0) is 20.6 Å². The van der Waals surface area contributed by atoms with E-state index >= 15 is 0 Å². The standard InChI is InChI=1S/C14H20N2O4S.H2O/c1-11(17)13-5-7-16(8-6-13)21(19,20)10-12-3-2-4-14(9-12)15-18;/h2-4,9,13,15,18H,5-8,10H2,1H3;1H2. The maximum absolute atomic E-state index is 12.4. The molecule has 4 N–H and O–H groups in total. The Kier molecular flexibility index (Phi) is 6.48. The lowest BCUT2D eigenvalue weighted by atomic mass is 9.95. The van der Waals surface area contributed by atoms with E-state index in [9.17, 15) is 13.2 Å². The Morgan fingerprint density at radius 1 is 1.36 bits per heavy atom. The van der Waals surface area contributed by atoms with E-state index in [0.717, 1.165) is 0 Å². The number of nitrogens with zero attached hydrogens (tertiary/aromatic N) is 1. The molecular formula is C14H22N2O5S. The van der Waals surface area contributed by atoms with Gasteiger partial charge in [-0.25, -0.2) is 12.7 Å². The van der Waals surface area contributed by atoms with Gasteiger partial charge in [-0.15, -0.1) is 0 Å². The molecule has 0 unspecified atom stereocenters. The molecule has 1 aliphatic rings. The summed E-state index contributed by atoms with van der Waals surface area (Å²) in [6, 6.07) is 6.64. The van der Waals surface area contributed by atoms with Crippen molar-refractivity contribution in [3.8, 4) is 0 Å². The number of carbonyl (C=O) groups excluding carboxylic acids is 1. The van der Waals surface area contributed by atoms with Crippen LogP contribution in [0.5, 0.6) is 0 Å². The predicted molar refractivity (Wildman–Crippen MR) is 83.1 cm³/mol. The molecule has 0 spiro atoms. The van der Waals surface area contributed by atoms with Gasteiger partial charge in [0.2, 0.25) is 10.0 Å². The molecule has 1 saturated heterocycles. The van der Waals surface area contributed by atoms with E-state index in [1.807, 2.05) is 5.48 Å². The van der Waals surface area contributed by atoms with E-state index in [1.54, 1.807) is 31.2 Å². The fourth-order valence-electron chi connectivity index (χ4n) is 2.57. The summed E-state index contributed by atoms with van der Waals surface area (Å²) in [7, 11) is -3.40. The smallest absolute Gasteiger partial charge is 0.218 e. The Bertz CT molecular complexity index is 609. The molecule has 22 heavy (non-hydrogen) atoms. The molecular weight excluding hydrogens is 308 g/mol. The summed E-state index contributed by atoms with van der Waals surface area (Å²) in [5.74, 6) is 0.0138. The van der Waals surface area contributed by atoms with Gasteiger partial charge < -0.3 is 5.48 Å². The van der Waals surface area contributed by atoms with Gasteiger partial charge in [0.25, 0.3) is 0 Å². The molecule has 0 amide bonds. The molecule has 0 bridgehead atoms. The Hall–Kier alpha value is -1.48. The van der Waals surface area contributed by atoms with Gasteiger partial charge in [0.1, 0.15) is 5.78 Å². The fraction of sp³-hybridized carbons (Fsp3) is 0.500. The van der Waals surface area contributed by atoms with Crippen LogP contribution in [0.4, 0.5) is 5.69 Å². The molecule has 124 valence electrons. The van der Waals surface area contributed by atoms with Crippen LogP contribution < -0.4 is 5.48 Å². The van der Waals surface area contributed by atoms with Crippen LogP contribution in [0.3, 0.4) is 0 Å². The lowest BCUT2D eigenvalue weighted by molar-refractivity contribution is -0.121. The number of piperidine rings is 1. The molecule has 0 atom stereocenters. The summed E-state index contributed by atoms with van der Waals surface area (Å²) in [6.07, 6.45) is 1.18. The van der Waals surface area contributed by atoms with Gasteiger partial charge in [-0.2, -0.15) is 0 Å². The van der Waals surface area contributed by atoms with Crippen LogP contribution in [0.25, 0.3) is 0 Å². The van der Waals surface area contributed by atoms with Crippen LogP contribution in [0.2, 0.25) is 0 Å². The van der Waals surface area contributed by atoms with E-state index in [2.05, 4.69) is 0 Å². The topological polar surface area (TPSA) is 118 Å². The first kappa shape index (κ1) is 18.6. The zero-order valence-electron chi connectivity index (χ0n) is 12.4. The van der Waals surface area contributed by atoms with E-state index in [-0.39, 0.29) is 22.9 Å². The van der Waals surface area contributed by atoms with E-state index in [1.165, 1.54) is 4.31 Å². The maximum atomic E-state index is 12.4. The Morgan fingerprint density at radius 2 is 2.00 bits per heavy atom. The number of ketones is 1.